The Hall–Kier alpha value is -3.69. The van der Waals surface area contributed by atoms with Crippen LogP contribution >= 0.6 is 11.8 Å². The van der Waals surface area contributed by atoms with E-state index in [1.807, 2.05) is 73.8 Å². The first-order chi connectivity index (χ1) is 15.1. The number of fused-ring (bicyclic) bond motifs is 1. The number of nitrogens with zero attached hydrogens (tertiary/aromatic N) is 1. The van der Waals surface area contributed by atoms with Crippen LogP contribution in [0.3, 0.4) is 0 Å². The minimum Gasteiger partial charge on any atom is -0.450 e. The number of nitrogens with one attached hydrogen (secondary N) is 2. The van der Waals surface area contributed by atoms with Gasteiger partial charge in [-0.05, 0) is 49.2 Å². The predicted molar refractivity (Wildman–Crippen MR) is 123 cm³/mol. The molecule has 0 radical (unpaired) electrons. The summed E-state index contributed by atoms with van der Waals surface area (Å²) in [6.45, 7) is 2.48. The highest BCUT2D eigenvalue weighted by Crippen LogP contribution is 2.30. The SMILES string of the molecule is Cc1ccc(Sc2ccc(/C=C(/C#N)C(=O)NCCc3c[nH]c4ccccc34)o2)cc1. The fraction of sp³-hybridized carbons (Fsp3) is 0.120. The van der Waals surface area contributed by atoms with Gasteiger partial charge >= 0.3 is 0 Å². The largest absolute Gasteiger partial charge is 0.450 e. The summed E-state index contributed by atoms with van der Waals surface area (Å²) in [5.41, 5.74) is 3.41. The number of aromatic amines is 1. The Morgan fingerprint density at radius 2 is 1.97 bits per heavy atom. The van der Waals surface area contributed by atoms with Crippen molar-refractivity contribution in [2.75, 3.05) is 6.54 Å². The molecule has 0 bridgehead atoms. The van der Waals surface area contributed by atoms with Gasteiger partial charge in [0.1, 0.15) is 17.4 Å². The second-order valence-corrected chi connectivity index (χ2v) is 8.19. The zero-order valence-electron chi connectivity index (χ0n) is 17.0. The van der Waals surface area contributed by atoms with Crippen molar-refractivity contribution < 1.29 is 9.21 Å². The van der Waals surface area contributed by atoms with Gasteiger partial charge in [-0.25, -0.2) is 0 Å². The van der Waals surface area contributed by atoms with E-state index < -0.39 is 5.91 Å². The van der Waals surface area contributed by atoms with Crippen LogP contribution < -0.4 is 5.32 Å². The summed E-state index contributed by atoms with van der Waals surface area (Å²) in [6.07, 6.45) is 4.10. The highest BCUT2D eigenvalue weighted by Gasteiger charge is 2.11. The van der Waals surface area contributed by atoms with Gasteiger partial charge in [0.15, 0.2) is 5.09 Å². The number of carbonyl (C=O) groups excluding carboxylic acids is 1. The summed E-state index contributed by atoms with van der Waals surface area (Å²) in [6, 6.07) is 21.7. The number of amides is 1. The smallest absolute Gasteiger partial charge is 0.262 e. The van der Waals surface area contributed by atoms with E-state index >= 15 is 0 Å². The van der Waals surface area contributed by atoms with Crippen molar-refractivity contribution in [1.29, 1.82) is 5.26 Å². The molecule has 2 heterocycles. The second kappa shape index (κ2) is 9.41. The molecule has 4 rings (SSSR count). The first-order valence-corrected chi connectivity index (χ1v) is 10.7. The summed E-state index contributed by atoms with van der Waals surface area (Å²) < 4.78 is 5.76. The molecule has 2 aromatic heterocycles. The maximum absolute atomic E-state index is 12.4. The minimum absolute atomic E-state index is 0.0140. The lowest BCUT2D eigenvalue weighted by molar-refractivity contribution is -0.117. The molecule has 0 saturated carbocycles. The molecule has 1 amide bonds. The van der Waals surface area contributed by atoms with Crippen LogP contribution in [0.4, 0.5) is 0 Å². The summed E-state index contributed by atoms with van der Waals surface area (Å²) in [7, 11) is 0. The normalized spacial score (nSPS) is 11.4. The lowest BCUT2D eigenvalue weighted by atomic mass is 10.1. The fourth-order valence-corrected chi connectivity index (χ4v) is 4.00. The quantitative estimate of drug-likeness (QED) is 0.302. The highest BCUT2D eigenvalue weighted by molar-refractivity contribution is 7.99. The van der Waals surface area contributed by atoms with E-state index in [1.54, 1.807) is 6.07 Å². The van der Waals surface area contributed by atoms with Gasteiger partial charge in [-0.2, -0.15) is 5.26 Å². The van der Waals surface area contributed by atoms with Gasteiger partial charge in [-0.15, -0.1) is 0 Å². The van der Waals surface area contributed by atoms with Gasteiger partial charge in [0, 0.05) is 34.6 Å². The van der Waals surface area contributed by atoms with Crippen LogP contribution in [0.2, 0.25) is 0 Å². The zero-order chi connectivity index (χ0) is 21.6. The molecule has 4 aromatic rings. The number of H-pyrrole nitrogens is 1. The Morgan fingerprint density at radius 3 is 2.77 bits per heavy atom. The van der Waals surface area contributed by atoms with Crippen LogP contribution in [0.1, 0.15) is 16.9 Å². The number of benzene rings is 2. The Balaban J connectivity index is 1.36. The van der Waals surface area contributed by atoms with Crippen molar-refractivity contribution in [1.82, 2.24) is 10.3 Å². The van der Waals surface area contributed by atoms with Crippen molar-refractivity contribution in [3.63, 3.8) is 0 Å². The van der Waals surface area contributed by atoms with E-state index in [0.717, 1.165) is 21.4 Å². The van der Waals surface area contributed by atoms with Crippen LogP contribution in [-0.2, 0) is 11.2 Å². The maximum Gasteiger partial charge on any atom is 0.262 e. The van der Waals surface area contributed by atoms with Crippen LogP contribution in [0.25, 0.3) is 17.0 Å². The average molecular weight is 428 g/mol. The highest BCUT2D eigenvalue weighted by atomic mass is 32.2. The van der Waals surface area contributed by atoms with Crippen LogP contribution in [0.5, 0.6) is 0 Å². The van der Waals surface area contributed by atoms with Crippen molar-refractivity contribution in [2.24, 2.45) is 0 Å². The van der Waals surface area contributed by atoms with Crippen molar-refractivity contribution in [2.45, 2.75) is 23.3 Å². The molecule has 0 spiro atoms. The monoisotopic (exact) mass is 427 g/mol. The number of aromatic nitrogens is 1. The van der Waals surface area contributed by atoms with Gasteiger partial charge in [0.25, 0.3) is 5.91 Å². The number of aryl methyl sites for hydroxylation is 1. The molecular formula is C25H21N3O2S. The van der Waals surface area contributed by atoms with E-state index in [2.05, 4.69) is 10.3 Å². The van der Waals surface area contributed by atoms with Crippen LogP contribution in [0, 0.1) is 18.3 Å². The summed E-state index contributed by atoms with van der Waals surface area (Å²) >= 11 is 1.49. The summed E-state index contributed by atoms with van der Waals surface area (Å²) in [5, 5.41) is 14.1. The number of nitriles is 1. The third-order valence-electron chi connectivity index (χ3n) is 4.85. The molecular weight excluding hydrogens is 406 g/mol. The van der Waals surface area contributed by atoms with Gasteiger partial charge in [-0.3, -0.25) is 4.79 Å². The molecule has 0 fully saturated rings. The molecule has 6 heteroatoms. The van der Waals surface area contributed by atoms with E-state index in [4.69, 9.17) is 4.42 Å². The first kappa shape index (κ1) is 20.6. The van der Waals surface area contributed by atoms with E-state index in [0.29, 0.717) is 23.8 Å². The van der Waals surface area contributed by atoms with Crippen LogP contribution in [-0.4, -0.2) is 17.4 Å². The van der Waals surface area contributed by atoms with E-state index in [-0.39, 0.29) is 5.57 Å². The van der Waals surface area contributed by atoms with Crippen LogP contribution in [0.15, 0.2) is 86.8 Å². The fourth-order valence-electron chi connectivity index (χ4n) is 3.22. The average Bonchev–Trinajstić information content (AvgIpc) is 3.40. The molecule has 2 aromatic carbocycles. The maximum atomic E-state index is 12.4. The Labute approximate surface area is 184 Å². The van der Waals surface area contributed by atoms with E-state index in [1.165, 1.54) is 23.4 Å². The van der Waals surface area contributed by atoms with E-state index in [9.17, 15) is 10.1 Å². The molecule has 2 N–H and O–H groups in total. The number of rotatable bonds is 7. The molecule has 0 saturated heterocycles. The standard InChI is InChI=1S/C25H21N3O2S/c1-17-6-9-21(10-7-17)31-24-11-8-20(30-24)14-19(15-26)25(29)27-13-12-18-16-28-23-5-3-2-4-22(18)23/h2-11,14,16,28H,12-13H2,1H3,(H,27,29)/b19-14-. The molecule has 0 atom stereocenters. The zero-order valence-corrected chi connectivity index (χ0v) is 17.8. The second-order valence-electron chi connectivity index (χ2n) is 7.11. The molecule has 0 aliphatic carbocycles. The predicted octanol–water partition coefficient (Wildman–Crippen LogP) is 5.49. The Kier molecular flexibility index (Phi) is 6.25. The number of carbonyl (C=O) groups is 1. The Morgan fingerprint density at radius 1 is 1.16 bits per heavy atom. The lowest BCUT2D eigenvalue weighted by Gasteiger charge is -2.03. The molecule has 0 aliphatic rings. The van der Waals surface area contributed by atoms with Gasteiger partial charge in [0.05, 0.1) is 0 Å². The van der Waals surface area contributed by atoms with Crippen molar-refractivity contribution >= 4 is 34.6 Å². The lowest BCUT2D eigenvalue weighted by Crippen LogP contribution is -2.26. The number of para-hydroxylation sites is 1. The molecule has 154 valence electrons. The van der Waals surface area contributed by atoms with Gasteiger partial charge < -0.3 is 14.7 Å². The summed E-state index contributed by atoms with van der Waals surface area (Å²) in [5.74, 6) is 0.0596. The van der Waals surface area contributed by atoms with Crippen molar-refractivity contribution in [3.8, 4) is 6.07 Å². The minimum atomic E-state index is -0.411. The van der Waals surface area contributed by atoms with Crippen molar-refractivity contribution in [3.05, 3.63) is 89.3 Å². The third-order valence-corrected chi connectivity index (χ3v) is 5.78. The summed E-state index contributed by atoms with van der Waals surface area (Å²) in [4.78, 5) is 16.7. The van der Waals surface area contributed by atoms with Gasteiger partial charge in [-0.1, -0.05) is 47.7 Å². The molecule has 31 heavy (non-hydrogen) atoms. The molecule has 5 nitrogen and oxygen atoms in total. The molecule has 0 unspecified atom stereocenters. The topological polar surface area (TPSA) is 81.8 Å². The number of hydrogen-bond acceptors (Lipinski definition) is 4. The Bertz CT molecular complexity index is 1280. The third kappa shape index (κ3) is 5.08. The number of hydrogen-bond donors (Lipinski definition) is 2. The molecule has 0 aliphatic heterocycles. The van der Waals surface area contributed by atoms with Gasteiger partial charge in [0.2, 0.25) is 0 Å². The number of furan rings is 1. The first-order valence-electron chi connectivity index (χ1n) is 9.92.